The van der Waals surface area contributed by atoms with Gasteiger partial charge in [0.2, 0.25) is 0 Å². The standard InChI is InChI=1S/C19H23N5O2/c1-3-13(4-2)12-26-19(25)18-16-7-5-14(11-15(16)9-10-20-18)6-8-17-21-23-24-22-17/h5,7,9-11,13H,3-4,6,8,12H2,1-2H3,(H,21,22,23,24). The first-order chi connectivity index (χ1) is 12.7. The van der Waals surface area contributed by atoms with E-state index in [1.165, 1.54) is 0 Å². The fourth-order valence-corrected chi connectivity index (χ4v) is 2.88. The highest BCUT2D eigenvalue weighted by Gasteiger charge is 2.15. The molecule has 3 aromatic rings. The second kappa shape index (κ2) is 8.51. The Bertz CT molecular complexity index is 860. The second-order valence-electron chi connectivity index (χ2n) is 6.34. The van der Waals surface area contributed by atoms with Crippen LogP contribution >= 0.6 is 0 Å². The van der Waals surface area contributed by atoms with E-state index >= 15 is 0 Å². The van der Waals surface area contributed by atoms with Gasteiger partial charge in [-0.05, 0) is 39.8 Å². The normalized spacial score (nSPS) is 11.2. The number of pyridine rings is 1. The zero-order valence-corrected chi connectivity index (χ0v) is 15.1. The lowest BCUT2D eigenvalue weighted by Crippen LogP contribution is -2.14. The summed E-state index contributed by atoms with van der Waals surface area (Å²) in [6.45, 7) is 4.65. The maximum atomic E-state index is 12.5. The van der Waals surface area contributed by atoms with Crippen molar-refractivity contribution in [2.75, 3.05) is 6.61 Å². The fraction of sp³-hybridized carbons (Fsp3) is 0.421. The van der Waals surface area contributed by atoms with Gasteiger partial charge in [0, 0.05) is 18.0 Å². The largest absolute Gasteiger partial charge is 0.461 e. The Morgan fingerprint density at radius 3 is 2.77 bits per heavy atom. The summed E-state index contributed by atoms with van der Waals surface area (Å²) in [4.78, 5) is 16.7. The molecular formula is C19H23N5O2. The van der Waals surface area contributed by atoms with Crippen LogP contribution < -0.4 is 0 Å². The number of rotatable bonds is 8. The van der Waals surface area contributed by atoms with Gasteiger partial charge in [-0.2, -0.15) is 0 Å². The molecule has 3 rings (SSSR count). The first kappa shape index (κ1) is 18.0. The lowest BCUT2D eigenvalue weighted by Gasteiger charge is -2.13. The molecule has 0 fully saturated rings. The minimum absolute atomic E-state index is 0.358. The molecule has 2 heterocycles. The Labute approximate surface area is 152 Å². The van der Waals surface area contributed by atoms with Crippen molar-refractivity contribution in [2.45, 2.75) is 39.5 Å². The van der Waals surface area contributed by atoms with Crippen LogP contribution in [0.15, 0.2) is 30.5 Å². The molecule has 0 bridgehead atoms. The molecule has 0 aliphatic rings. The van der Waals surface area contributed by atoms with Gasteiger partial charge in [0.05, 0.1) is 6.61 Å². The van der Waals surface area contributed by atoms with Gasteiger partial charge in [-0.25, -0.2) is 14.9 Å². The predicted octanol–water partition coefficient (Wildman–Crippen LogP) is 3.13. The lowest BCUT2D eigenvalue weighted by molar-refractivity contribution is 0.0429. The highest BCUT2D eigenvalue weighted by atomic mass is 16.5. The van der Waals surface area contributed by atoms with E-state index in [0.29, 0.717) is 18.2 Å². The van der Waals surface area contributed by atoms with Crippen molar-refractivity contribution in [1.82, 2.24) is 25.6 Å². The lowest BCUT2D eigenvalue weighted by atomic mass is 10.0. The van der Waals surface area contributed by atoms with Gasteiger partial charge in [0.25, 0.3) is 0 Å². The SMILES string of the molecule is CCC(CC)COC(=O)c1nccc2cc(CCc3nnn[nH]3)ccc12. The van der Waals surface area contributed by atoms with Crippen molar-refractivity contribution in [3.63, 3.8) is 0 Å². The summed E-state index contributed by atoms with van der Waals surface area (Å²) >= 11 is 0. The average Bonchev–Trinajstić information content (AvgIpc) is 3.20. The van der Waals surface area contributed by atoms with Crippen LogP contribution in [-0.2, 0) is 17.6 Å². The average molecular weight is 353 g/mol. The van der Waals surface area contributed by atoms with E-state index in [1.54, 1.807) is 6.20 Å². The molecule has 26 heavy (non-hydrogen) atoms. The summed E-state index contributed by atoms with van der Waals surface area (Å²) in [6.07, 6.45) is 5.19. The van der Waals surface area contributed by atoms with Gasteiger partial charge in [0.1, 0.15) is 5.82 Å². The van der Waals surface area contributed by atoms with Gasteiger partial charge < -0.3 is 4.74 Å². The summed E-state index contributed by atoms with van der Waals surface area (Å²) in [7, 11) is 0. The maximum absolute atomic E-state index is 12.5. The van der Waals surface area contributed by atoms with E-state index in [-0.39, 0.29) is 5.97 Å². The second-order valence-corrected chi connectivity index (χ2v) is 6.34. The Hall–Kier alpha value is -2.83. The summed E-state index contributed by atoms with van der Waals surface area (Å²) in [5.74, 6) is 0.791. The molecule has 7 heteroatoms. The molecular weight excluding hydrogens is 330 g/mol. The number of hydrogen-bond donors (Lipinski definition) is 1. The Morgan fingerprint density at radius 1 is 1.19 bits per heavy atom. The highest BCUT2D eigenvalue weighted by molar-refractivity contribution is 6.02. The van der Waals surface area contributed by atoms with Gasteiger partial charge in [-0.3, -0.25) is 0 Å². The Morgan fingerprint density at radius 2 is 2.04 bits per heavy atom. The molecule has 1 N–H and O–H groups in total. The summed E-state index contributed by atoms with van der Waals surface area (Å²) in [6, 6.07) is 7.92. The van der Waals surface area contributed by atoms with Crippen LogP contribution in [0.25, 0.3) is 10.8 Å². The van der Waals surface area contributed by atoms with Gasteiger partial charge in [-0.1, -0.05) is 44.9 Å². The fourth-order valence-electron chi connectivity index (χ4n) is 2.88. The number of carbonyl (C=O) groups excluding carboxylic acids is 1. The smallest absolute Gasteiger partial charge is 0.357 e. The predicted molar refractivity (Wildman–Crippen MR) is 97.7 cm³/mol. The highest BCUT2D eigenvalue weighted by Crippen LogP contribution is 2.21. The molecule has 7 nitrogen and oxygen atoms in total. The molecule has 0 amide bonds. The number of hydrogen-bond acceptors (Lipinski definition) is 6. The number of benzene rings is 1. The molecule has 0 unspecified atom stereocenters. The first-order valence-electron chi connectivity index (χ1n) is 8.98. The van der Waals surface area contributed by atoms with E-state index in [1.807, 2.05) is 18.2 Å². The Kier molecular flexibility index (Phi) is 5.88. The van der Waals surface area contributed by atoms with Crippen molar-refractivity contribution < 1.29 is 9.53 Å². The molecule has 1 aromatic carbocycles. The number of aromatic amines is 1. The number of aromatic nitrogens is 5. The molecule has 0 aliphatic heterocycles. The van der Waals surface area contributed by atoms with Crippen LogP contribution in [0.4, 0.5) is 0 Å². The van der Waals surface area contributed by atoms with E-state index in [2.05, 4.69) is 45.5 Å². The minimum Gasteiger partial charge on any atom is -0.461 e. The van der Waals surface area contributed by atoms with Crippen LogP contribution in [0.5, 0.6) is 0 Å². The van der Waals surface area contributed by atoms with E-state index in [9.17, 15) is 4.79 Å². The van der Waals surface area contributed by atoms with Crippen LogP contribution in [0.1, 0.15) is 48.6 Å². The van der Waals surface area contributed by atoms with Gasteiger partial charge in [-0.15, -0.1) is 5.10 Å². The topological polar surface area (TPSA) is 93.7 Å². The van der Waals surface area contributed by atoms with Crippen LogP contribution in [0.3, 0.4) is 0 Å². The number of esters is 1. The molecule has 0 saturated carbocycles. The van der Waals surface area contributed by atoms with Crippen LogP contribution in [-0.4, -0.2) is 38.2 Å². The van der Waals surface area contributed by atoms with Crippen LogP contribution in [0.2, 0.25) is 0 Å². The maximum Gasteiger partial charge on any atom is 0.357 e. The number of carbonyl (C=O) groups is 1. The van der Waals surface area contributed by atoms with Crippen molar-refractivity contribution in [3.8, 4) is 0 Å². The van der Waals surface area contributed by atoms with Crippen molar-refractivity contribution in [2.24, 2.45) is 5.92 Å². The number of H-pyrrole nitrogens is 1. The van der Waals surface area contributed by atoms with Crippen molar-refractivity contribution in [1.29, 1.82) is 0 Å². The zero-order chi connectivity index (χ0) is 18.4. The molecule has 2 aromatic heterocycles. The summed E-state index contributed by atoms with van der Waals surface area (Å²) in [5.41, 5.74) is 1.52. The first-order valence-corrected chi connectivity index (χ1v) is 8.98. The number of aryl methyl sites for hydroxylation is 2. The zero-order valence-electron chi connectivity index (χ0n) is 15.1. The van der Waals surface area contributed by atoms with Crippen molar-refractivity contribution >= 4 is 16.7 Å². The molecule has 136 valence electrons. The van der Waals surface area contributed by atoms with Crippen molar-refractivity contribution in [3.05, 3.63) is 47.5 Å². The number of fused-ring (bicyclic) bond motifs is 1. The monoisotopic (exact) mass is 353 g/mol. The third-order valence-corrected chi connectivity index (χ3v) is 4.67. The summed E-state index contributed by atoms with van der Waals surface area (Å²) < 4.78 is 5.48. The molecule has 0 saturated heterocycles. The molecule has 0 atom stereocenters. The van der Waals surface area contributed by atoms with Gasteiger partial charge >= 0.3 is 5.97 Å². The third kappa shape index (κ3) is 4.22. The Balaban J connectivity index is 1.74. The quantitative estimate of drug-likeness (QED) is 0.625. The third-order valence-electron chi connectivity index (χ3n) is 4.67. The van der Waals surface area contributed by atoms with E-state index in [4.69, 9.17) is 4.74 Å². The van der Waals surface area contributed by atoms with Gasteiger partial charge in [0.15, 0.2) is 5.69 Å². The van der Waals surface area contributed by atoms with Crippen LogP contribution in [0, 0.1) is 5.92 Å². The number of nitrogens with one attached hydrogen (secondary N) is 1. The number of tetrazole rings is 1. The summed E-state index contributed by atoms with van der Waals surface area (Å²) in [5, 5.41) is 15.6. The minimum atomic E-state index is -0.358. The van der Waals surface area contributed by atoms with E-state index < -0.39 is 0 Å². The molecule has 0 spiro atoms. The molecule has 0 aliphatic carbocycles. The number of nitrogens with zero attached hydrogens (tertiary/aromatic N) is 4. The number of ether oxygens (including phenoxy) is 1. The molecule has 0 radical (unpaired) electrons. The van der Waals surface area contributed by atoms with E-state index in [0.717, 1.165) is 47.8 Å².